The van der Waals surface area contributed by atoms with Gasteiger partial charge in [0.25, 0.3) is 0 Å². The summed E-state index contributed by atoms with van der Waals surface area (Å²) < 4.78 is 0. The molecule has 0 aliphatic rings. The molecule has 0 spiro atoms. The maximum atomic E-state index is 10.3. The molecule has 4 aromatic rings. The lowest BCUT2D eigenvalue weighted by molar-refractivity contribution is -0.147. The Bertz CT molecular complexity index is 1440. The van der Waals surface area contributed by atoms with E-state index in [1.165, 1.54) is 48.5 Å². The van der Waals surface area contributed by atoms with E-state index in [-0.39, 0.29) is 22.3 Å². The Morgan fingerprint density at radius 3 is 0.667 bits per heavy atom. The van der Waals surface area contributed by atoms with Gasteiger partial charge in [0, 0.05) is 20.1 Å². The lowest BCUT2D eigenvalue weighted by Crippen LogP contribution is -2.09. The summed E-state index contributed by atoms with van der Waals surface area (Å²) in [6.45, 7) is 0. The third kappa shape index (κ3) is 15.1. The first-order valence-corrected chi connectivity index (χ1v) is 14.6. The van der Waals surface area contributed by atoms with E-state index in [0.29, 0.717) is 20.1 Å². The molecule has 0 bridgehead atoms. The van der Waals surface area contributed by atoms with E-state index >= 15 is 0 Å². The molecule has 4 aromatic carbocycles. The SMILES string of the molecule is O=C(O)[C@@H](O)c1cccc(Cl)c1.O=C(O)[C@@H](O)c1cccc(Cl)c1.O=C(O)[C@@H](O)c1cccc(Cl)c1.O=C(O)[C@@H](O)c1cccc(Cl)c1. The van der Waals surface area contributed by atoms with Gasteiger partial charge in [0.1, 0.15) is 0 Å². The number of benzene rings is 4. The lowest BCUT2D eigenvalue weighted by Gasteiger charge is -2.04. The van der Waals surface area contributed by atoms with Crippen LogP contribution in [-0.4, -0.2) is 64.7 Å². The van der Waals surface area contributed by atoms with Gasteiger partial charge in [-0.25, -0.2) is 19.2 Å². The zero-order valence-electron chi connectivity index (χ0n) is 24.3. The fourth-order valence-corrected chi connectivity index (χ4v) is 4.07. The molecule has 4 rings (SSSR count). The van der Waals surface area contributed by atoms with Crippen LogP contribution < -0.4 is 0 Å². The Labute approximate surface area is 293 Å². The summed E-state index contributed by atoms with van der Waals surface area (Å²) in [7, 11) is 0. The Kier molecular flexibility index (Phi) is 18.2. The molecule has 12 nitrogen and oxygen atoms in total. The first kappa shape index (κ1) is 41.8. The van der Waals surface area contributed by atoms with E-state index in [0.717, 1.165) is 0 Å². The van der Waals surface area contributed by atoms with Crippen molar-refractivity contribution >= 4 is 70.3 Å². The Balaban J connectivity index is 0.000000320. The summed E-state index contributed by atoms with van der Waals surface area (Å²) in [6.07, 6.45) is -5.99. The molecule has 16 heteroatoms. The highest BCUT2D eigenvalue weighted by Gasteiger charge is 2.17. The Hall–Kier alpha value is -4.24. The van der Waals surface area contributed by atoms with Crippen molar-refractivity contribution in [3.05, 3.63) is 139 Å². The molecule has 0 fully saturated rings. The van der Waals surface area contributed by atoms with Gasteiger partial charge in [0.05, 0.1) is 0 Å². The number of carbonyl (C=O) groups is 4. The van der Waals surface area contributed by atoms with E-state index in [9.17, 15) is 19.2 Å². The van der Waals surface area contributed by atoms with E-state index in [1.54, 1.807) is 48.5 Å². The lowest BCUT2D eigenvalue weighted by atomic mass is 10.1. The minimum Gasteiger partial charge on any atom is -0.479 e. The van der Waals surface area contributed by atoms with E-state index in [2.05, 4.69) is 0 Å². The van der Waals surface area contributed by atoms with Gasteiger partial charge in [-0.2, -0.15) is 0 Å². The van der Waals surface area contributed by atoms with Crippen LogP contribution in [0.2, 0.25) is 20.1 Å². The number of aliphatic carboxylic acids is 4. The summed E-state index contributed by atoms with van der Waals surface area (Å²) in [5.74, 6) is -5.12. The van der Waals surface area contributed by atoms with Gasteiger partial charge in [0.2, 0.25) is 0 Å². The monoisotopic (exact) mass is 744 g/mol. The highest BCUT2D eigenvalue weighted by molar-refractivity contribution is 6.31. The van der Waals surface area contributed by atoms with Gasteiger partial charge in [0.15, 0.2) is 24.4 Å². The van der Waals surface area contributed by atoms with Crippen molar-refractivity contribution in [2.45, 2.75) is 24.4 Å². The molecule has 8 N–H and O–H groups in total. The topological polar surface area (TPSA) is 230 Å². The Morgan fingerprint density at radius 2 is 0.542 bits per heavy atom. The molecule has 0 aromatic heterocycles. The molecule has 0 aliphatic carbocycles. The van der Waals surface area contributed by atoms with Crippen LogP contribution in [0.15, 0.2) is 97.1 Å². The van der Waals surface area contributed by atoms with Crippen molar-refractivity contribution in [1.82, 2.24) is 0 Å². The molecular formula is C32H28Cl4O12. The van der Waals surface area contributed by atoms with Crippen LogP contribution in [-0.2, 0) is 19.2 Å². The third-order valence-corrected chi connectivity index (χ3v) is 6.53. The van der Waals surface area contributed by atoms with Crippen LogP contribution in [0.3, 0.4) is 0 Å². The molecule has 0 unspecified atom stereocenters. The number of rotatable bonds is 8. The summed E-state index contributed by atoms with van der Waals surface area (Å²) in [5.41, 5.74) is 1.15. The van der Waals surface area contributed by atoms with Gasteiger partial charge >= 0.3 is 23.9 Å². The number of carboxylic acids is 4. The largest absolute Gasteiger partial charge is 0.479 e. The van der Waals surface area contributed by atoms with Crippen molar-refractivity contribution in [2.75, 3.05) is 0 Å². The average Bonchev–Trinajstić information content (AvgIpc) is 3.04. The summed E-state index contributed by atoms with van der Waals surface area (Å²) in [5, 5.41) is 71.6. The number of hydrogen-bond donors (Lipinski definition) is 8. The van der Waals surface area contributed by atoms with Gasteiger partial charge in [-0.1, -0.05) is 94.9 Å². The molecule has 4 atom stereocenters. The highest BCUT2D eigenvalue weighted by Crippen LogP contribution is 2.20. The maximum Gasteiger partial charge on any atom is 0.337 e. The number of hydrogen-bond acceptors (Lipinski definition) is 8. The zero-order valence-corrected chi connectivity index (χ0v) is 27.3. The van der Waals surface area contributed by atoms with Crippen LogP contribution in [0.1, 0.15) is 46.7 Å². The van der Waals surface area contributed by atoms with Gasteiger partial charge in [-0.05, 0) is 70.8 Å². The number of aliphatic hydroxyl groups excluding tert-OH is 4. The first-order chi connectivity index (χ1) is 22.4. The predicted octanol–water partition coefficient (Wildman–Crippen LogP) is 5.83. The van der Waals surface area contributed by atoms with Crippen LogP contribution in [0.4, 0.5) is 0 Å². The fourth-order valence-electron chi connectivity index (χ4n) is 3.28. The second kappa shape index (κ2) is 20.9. The number of carboxylic acid groups (broad SMARTS) is 4. The molecule has 0 aliphatic heterocycles. The molecule has 256 valence electrons. The van der Waals surface area contributed by atoms with E-state index in [4.69, 9.17) is 87.3 Å². The van der Waals surface area contributed by atoms with Crippen molar-refractivity contribution in [1.29, 1.82) is 0 Å². The molecule has 0 saturated heterocycles. The molecule has 0 amide bonds. The molecular weight excluding hydrogens is 718 g/mol. The van der Waals surface area contributed by atoms with Crippen LogP contribution in [0, 0.1) is 0 Å². The zero-order chi connectivity index (χ0) is 36.6. The summed E-state index contributed by atoms with van der Waals surface area (Å²) in [6, 6.07) is 24.5. The number of halogens is 4. The predicted molar refractivity (Wildman–Crippen MR) is 176 cm³/mol. The minimum absolute atomic E-state index is 0.287. The normalized spacial score (nSPS) is 12.5. The van der Waals surface area contributed by atoms with Crippen molar-refractivity contribution in [2.24, 2.45) is 0 Å². The van der Waals surface area contributed by atoms with Crippen molar-refractivity contribution in [3.8, 4) is 0 Å². The van der Waals surface area contributed by atoms with Gasteiger partial charge in [-0.15, -0.1) is 0 Å². The van der Waals surface area contributed by atoms with Gasteiger partial charge in [-0.3, -0.25) is 0 Å². The smallest absolute Gasteiger partial charge is 0.337 e. The second-order valence-electron chi connectivity index (χ2n) is 9.18. The summed E-state index contributed by atoms with van der Waals surface area (Å²) >= 11 is 22.4. The second-order valence-corrected chi connectivity index (χ2v) is 10.9. The van der Waals surface area contributed by atoms with E-state index < -0.39 is 48.3 Å². The quantitative estimate of drug-likeness (QED) is 0.106. The molecule has 0 heterocycles. The van der Waals surface area contributed by atoms with Crippen LogP contribution in [0.5, 0.6) is 0 Å². The highest BCUT2D eigenvalue weighted by atomic mass is 35.5. The Morgan fingerprint density at radius 1 is 0.375 bits per heavy atom. The van der Waals surface area contributed by atoms with Crippen LogP contribution in [0.25, 0.3) is 0 Å². The van der Waals surface area contributed by atoms with Crippen molar-refractivity contribution in [3.63, 3.8) is 0 Å². The molecule has 0 saturated carbocycles. The fraction of sp³-hybridized carbons (Fsp3) is 0.125. The minimum atomic E-state index is -1.50. The van der Waals surface area contributed by atoms with Crippen molar-refractivity contribution < 1.29 is 60.0 Å². The summed E-state index contributed by atoms with van der Waals surface area (Å²) in [4.78, 5) is 41.3. The van der Waals surface area contributed by atoms with E-state index in [1.807, 2.05) is 0 Å². The number of aliphatic hydroxyl groups is 4. The molecule has 48 heavy (non-hydrogen) atoms. The standard InChI is InChI=1S/4C8H7ClO3/c4*9-6-3-1-2-5(4-6)7(10)8(11)12/h4*1-4,7,10H,(H,11,12)/t4*7-/m0000/s1. The third-order valence-electron chi connectivity index (χ3n) is 5.59. The first-order valence-electron chi connectivity index (χ1n) is 13.1. The van der Waals surface area contributed by atoms with Gasteiger partial charge < -0.3 is 40.9 Å². The maximum absolute atomic E-state index is 10.3. The molecule has 0 radical (unpaired) electrons. The van der Waals surface area contributed by atoms with Crippen LogP contribution >= 0.6 is 46.4 Å². The average molecular weight is 746 g/mol.